The van der Waals surface area contributed by atoms with Gasteiger partial charge in [-0.15, -0.1) is 22.7 Å². The van der Waals surface area contributed by atoms with E-state index >= 15 is 8.78 Å². The van der Waals surface area contributed by atoms with Crippen molar-refractivity contribution in [2.75, 3.05) is 13.1 Å². The number of carbonyl (C=O) groups excluding carboxylic acids is 6. The Kier molecular flexibility index (Phi) is 29.1. The molecule has 14 rings (SSSR count). The van der Waals surface area contributed by atoms with E-state index in [1.165, 1.54) is 21.1 Å². The van der Waals surface area contributed by atoms with Crippen molar-refractivity contribution in [2.45, 2.75) is 250 Å². The molecule has 0 unspecified atom stereocenters. The SMILES string of the molecule is CC(C)(C)OC(=O)C[C@H]1CCCCCC(F)(F)C[C@@H]2C[C@@]2(C(=O)O)CC(=O)[C@@H]2C[C@@H](O)CN2C1=O.CC(C)(C)OC(=O)C[C@H]1CCCCCC(F)(F)C[C@@H]2C[C@@]2(C(=O)O)CC(=O)[C@@H]2C[C@@H](Oc3nc4ccccc4nc3-c3nc4ccccc4s3)CN2C1=O.CCC(C)(C)O.Clc1nc2ccccc2nc1-c1nc2ccccc2s1.[Na+]. The molecule has 4 aliphatic heterocycles. The number of aliphatic hydroxyl groups excluding tert-OH is 1. The molecule has 4 saturated heterocycles. The number of amides is 2. The summed E-state index contributed by atoms with van der Waals surface area (Å²) in [6, 6.07) is 28.5. The number of ketones is 2. The van der Waals surface area contributed by atoms with Gasteiger partial charge in [0.15, 0.2) is 22.4 Å². The third kappa shape index (κ3) is 23.2. The van der Waals surface area contributed by atoms with E-state index < -0.39 is 173 Å². The van der Waals surface area contributed by atoms with Gasteiger partial charge in [0, 0.05) is 69.7 Å². The number of carbonyl (C=O) groups is 8. The molecule has 4 aromatic carbocycles. The number of Topliss-reactive ketones (excluding diaryl/α,β-unsaturated/α-hetero) is 2. The number of esters is 2. The van der Waals surface area contributed by atoms with Crippen LogP contribution in [0.1, 0.15) is 197 Å². The first-order valence-corrected chi connectivity index (χ1v) is 41.4. The molecule has 31 heteroatoms. The second-order valence-electron chi connectivity index (χ2n) is 34.0. The van der Waals surface area contributed by atoms with Crippen LogP contribution in [0.15, 0.2) is 97.1 Å². The monoisotopic (exact) mass is 1670 g/mol. The van der Waals surface area contributed by atoms with Gasteiger partial charge in [0.2, 0.25) is 29.5 Å². The van der Waals surface area contributed by atoms with Crippen LogP contribution >= 0.6 is 34.3 Å². The molecule has 2 amide bonds. The minimum atomic E-state index is -3.09. The smallest absolute Gasteiger partial charge is 0.481 e. The number of halogens is 5. The van der Waals surface area contributed by atoms with Crippen LogP contribution in [-0.2, 0) is 47.8 Å². The molecule has 6 aliphatic rings. The predicted molar refractivity (Wildman–Crippen MR) is 427 cm³/mol. The molecule has 0 radical (unpaired) electrons. The molecule has 116 heavy (non-hydrogen) atoms. The summed E-state index contributed by atoms with van der Waals surface area (Å²) >= 11 is 9.26. The number of hydrogen-bond acceptors (Lipinski definition) is 21. The minimum absolute atomic E-state index is 0. The number of ether oxygens (including phenoxy) is 3. The molecule has 8 aromatic rings. The number of nitrogens with zero attached hydrogens (tertiary/aromatic N) is 8. The first-order chi connectivity index (χ1) is 54.1. The Labute approximate surface area is 706 Å². The number of alkyl halides is 4. The summed E-state index contributed by atoms with van der Waals surface area (Å²) in [6.45, 7) is 15.7. The van der Waals surface area contributed by atoms with E-state index in [9.17, 15) is 62.5 Å². The van der Waals surface area contributed by atoms with Gasteiger partial charge in [-0.2, -0.15) is 0 Å². The predicted octanol–water partition coefficient (Wildman–Crippen LogP) is 13.7. The molecule has 6 fully saturated rings. The van der Waals surface area contributed by atoms with Crippen molar-refractivity contribution in [1.82, 2.24) is 39.7 Å². The first-order valence-electron chi connectivity index (χ1n) is 39.4. The van der Waals surface area contributed by atoms with Crippen LogP contribution < -0.4 is 34.3 Å². The van der Waals surface area contributed by atoms with E-state index in [4.69, 9.17) is 45.9 Å². The number of rotatable bonds is 11. The number of carboxylic acids is 2. The van der Waals surface area contributed by atoms with Gasteiger partial charge in [0.25, 0.3) is 0 Å². The molecule has 4 N–H and O–H groups in total. The first kappa shape index (κ1) is 90.6. The minimum Gasteiger partial charge on any atom is -0.481 e. The van der Waals surface area contributed by atoms with Gasteiger partial charge in [-0.05, 0) is 161 Å². The van der Waals surface area contributed by atoms with E-state index in [2.05, 4.69) is 15.0 Å². The van der Waals surface area contributed by atoms with Crippen LogP contribution in [0.3, 0.4) is 0 Å². The molecule has 2 aliphatic carbocycles. The van der Waals surface area contributed by atoms with Crippen LogP contribution in [0.2, 0.25) is 5.15 Å². The number of para-hydroxylation sites is 6. The maximum absolute atomic E-state index is 15.1. The van der Waals surface area contributed by atoms with Crippen molar-refractivity contribution in [3.05, 3.63) is 102 Å². The standard InChI is InChI=1S/C40H44F2N4O7S.C25H37F2NO7.C15H8ClN3S.C5H12O.Na/c1-38(2,3)53-32(48)17-23-11-5-4-10-16-40(41,42)20-24-19-39(24,37(50)51)21-30(47)29-18-25(22-46(29)36(23)49)52-34-33(43-26-12-6-7-13-27(26)44-34)35-45-28-14-8-9-15-31(28)54-35;1-23(2,3)35-20(31)9-15-7-5-4-6-8-25(26,27)12-16-11-24(16,22(33)34)13-19(30)18-10-17(29)14-28(18)21(15)32;16-14-13(17-9-5-1-2-6-10(9)18-14)15-19-11-7-3-4-8-12(11)20-15;1-4-5(2,3)6;/h6-9,12-15,23-25,29H,4-5,10-11,16-22H2,1-3H3,(H,50,51);15-18,29H,4-14H2,1-3H3,(H,33,34);1-8H;6H,4H2,1-3H3;/q;;;;+1/t23-,24+,25-,29+,39-;15-,16+,17-,18+,24-;;;/m11.../s1. The second-order valence-corrected chi connectivity index (χ2v) is 36.5. The van der Waals surface area contributed by atoms with Gasteiger partial charge >= 0.3 is 53.4 Å². The zero-order valence-corrected chi connectivity index (χ0v) is 71.6. The molecule has 2 saturated carbocycles. The summed E-state index contributed by atoms with van der Waals surface area (Å²) in [5.41, 5.74) is 0.384. The second kappa shape index (κ2) is 37.3. The summed E-state index contributed by atoms with van der Waals surface area (Å²) in [6.07, 6.45) is -1.87. The maximum atomic E-state index is 15.1. The zero-order valence-electron chi connectivity index (χ0n) is 67.2. The van der Waals surface area contributed by atoms with Crippen LogP contribution in [-0.4, -0.2) is 173 Å². The van der Waals surface area contributed by atoms with Crippen molar-refractivity contribution < 1.29 is 120 Å². The van der Waals surface area contributed by atoms with Gasteiger partial charge in [-0.3, -0.25) is 38.4 Å². The van der Waals surface area contributed by atoms with E-state index in [0.717, 1.165) is 42.9 Å². The van der Waals surface area contributed by atoms with Crippen molar-refractivity contribution >= 4 is 124 Å². The number of hydrogen-bond donors (Lipinski definition) is 4. The topological polar surface area (TPSA) is 329 Å². The Balaban J connectivity index is 0.000000194. The van der Waals surface area contributed by atoms with Crippen LogP contribution in [0.25, 0.3) is 63.9 Å². The zero-order chi connectivity index (χ0) is 83.3. The third-order valence-electron chi connectivity index (χ3n) is 22.0. The fourth-order valence-electron chi connectivity index (χ4n) is 15.6. The number of fused-ring (bicyclic) bond motifs is 8. The molecule has 4 aromatic heterocycles. The normalized spacial score (nSPS) is 25.2. The summed E-state index contributed by atoms with van der Waals surface area (Å²) in [5, 5.41) is 40.9. The summed E-state index contributed by atoms with van der Waals surface area (Å²) < 4.78 is 78.8. The van der Waals surface area contributed by atoms with E-state index in [1.807, 2.05) is 97.9 Å². The van der Waals surface area contributed by atoms with E-state index in [0.29, 0.717) is 58.3 Å². The van der Waals surface area contributed by atoms with Gasteiger partial charge in [-0.25, -0.2) is 47.5 Å². The van der Waals surface area contributed by atoms with Crippen molar-refractivity contribution in [3.8, 4) is 27.3 Å². The van der Waals surface area contributed by atoms with Crippen molar-refractivity contribution in [3.63, 3.8) is 0 Å². The van der Waals surface area contributed by atoms with Gasteiger partial charge in [0.1, 0.15) is 33.0 Å². The Morgan fingerprint density at radius 1 is 0.534 bits per heavy atom. The van der Waals surface area contributed by atoms with E-state index in [-0.39, 0.29) is 113 Å². The van der Waals surface area contributed by atoms with E-state index in [1.54, 1.807) is 72.8 Å². The summed E-state index contributed by atoms with van der Waals surface area (Å²) in [4.78, 5) is 136. The summed E-state index contributed by atoms with van der Waals surface area (Å²) in [5.74, 6) is -15.1. The Morgan fingerprint density at radius 2 is 0.922 bits per heavy atom. The van der Waals surface area contributed by atoms with Crippen LogP contribution in [0.5, 0.6) is 5.88 Å². The number of aliphatic hydroxyl groups is 2. The average Bonchev–Trinajstić information content (AvgIpc) is 1.58. The van der Waals surface area contributed by atoms with Gasteiger partial charge < -0.3 is 44.4 Å². The molecular formula is C85H101ClF4N8NaO15S2+. The molecule has 23 nitrogen and oxygen atoms in total. The molecule has 0 spiro atoms. The van der Waals surface area contributed by atoms with Crippen molar-refractivity contribution in [2.24, 2.45) is 34.5 Å². The fourth-order valence-corrected chi connectivity index (χ4v) is 17.8. The largest absolute Gasteiger partial charge is 1.00 e. The number of thiazole rings is 2. The summed E-state index contributed by atoms with van der Waals surface area (Å²) in [7, 11) is 0. The molecule has 618 valence electrons. The maximum Gasteiger partial charge on any atom is 1.00 e. The van der Waals surface area contributed by atoms with Gasteiger partial charge in [0.05, 0.1) is 96.5 Å². The Hall–Kier alpha value is -7.77. The molecule has 8 heterocycles. The van der Waals surface area contributed by atoms with Gasteiger partial charge in [-0.1, -0.05) is 92.7 Å². The molecule has 0 bridgehead atoms. The van der Waals surface area contributed by atoms with Crippen LogP contribution in [0, 0.1) is 34.5 Å². The number of aliphatic carboxylic acids is 2. The Morgan fingerprint density at radius 3 is 1.34 bits per heavy atom. The number of carboxylic acid groups (broad SMARTS) is 2. The average molecular weight is 1670 g/mol. The third-order valence-corrected chi connectivity index (χ3v) is 24.3. The van der Waals surface area contributed by atoms with Crippen molar-refractivity contribution in [1.29, 1.82) is 0 Å². The number of benzene rings is 4. The van der Waals surface area contributed by atoms with Crippen LogP contribution in [0.4, 0.5) is 17.6 Å². The molecular weight excluding hydrogens is 1570 g/mol. The number of aromatic nitrogens is 6. The molecule has 10 atom stereocenters. The fraction of sp³-hybridized carbons (Fsp3) is 0.553. The Bertz CT molecular complexity index is 4850. The quantitative estimate of drug-likeness (QED) is 0.0531.